The quantitative estimate of drug-likeness (QED) is 0.851. The van der Waals surface area contributed by atoms with Gasteiger partial charge in [-0.15, -0.1) is 10.2 Å². The van der Waals surface area contributed by atoms with Crippen molar-refractivity contribution in [3.8, 4) is 0 Å². The van der Waals surface area contributed by atoms with Crippen LogP contribution in [0.25, 0.3) is 0 Å². The topological polar surface area (TPSA) is 77.6 Å². The summed E-state index contributed by atoms with van der Waals surface area (Å²) in [6.45, 7) is 0. The molecule has 7 heteroatoms. The maximum atomic E-state index is 12.2. The average Bonchev–Trinajstić information content (AvgIpc) is 3.09. The van der Waals surface area contributed by atoms with Gasteiger partial charge < -0.3 is 14.5 Å². The Balaban J connectivity index is 1.60. The van der Waals surface area contributed by atoms with E-state index in [4.69, 9.17) is 0 Å². The van der Waals surface area contributed by atoms with Gasteiger partial charge in [0.2, 0.25) is 5.91 Å². The lowest BCUT2D eigenvalue weighted by Gasteiger charge is -2.18. The number of amides is 1. The summed E-state index contributed by atoms with van der Waals surface area (Å²) in [6.07, 6.45) is 8.66. The highest BCUT2D eigenvalue weighted by molar-refractivity contribution is 5.76. The fourth-order valence-electron chi connectivity index (χ4n) is 2.50. The molecule has 1 amide bonds. The number of rotatable bonds is 6. The standard InChI is InChI=1S/C14H20N6O/c1-19-8-7-15-14(19)13(10-3-4-10)17-12(21)6-5-11-18-16-9-20(11)2/h7-10,13H,3-6H2,1-2H3,(H,17,21)/t13-/m0/s1. The number of nitrogens with zero attached hydrogens (tertiary/aromatic N) is 5. The van der Waals surface area contributed by atoms with Gasteiger partial charge in [-0.2, -0.15) is 0 Å². The molecule has 3 rings (SSSR count). The molecule has 1 atom stereocenters. The predicted molar refractivity (Wildman–Crippen MR) is 76.1 cm³/mol. The molecule has 21 heavy (non-hydrogen) atoms. The van der Waals surface area contributed by atoms with Gasteiger partial charge in [-0.05, 0) is 18.8 Å². The van der Waals surface area contributed by atoms with Crippen LogP contribution in [0.5, 0.6) is 0 Å². The minimum atomic E-state index is 0.0250. The van der Waals surface area contributed by atoms with Gasteiger partial charge >= 0.3 is 0 Å². The summed E-state index contributed by atoms with van der Waals surface area (Å²) in [4.78, 5) is 16.6. The van der Waals surface area contributed by atoms with Gasteiger partial charge in [0, 0.05) is 39.3 Å². The predicted octanol–water partition coefficient (Wildman–Crippen LogP) is 0.749. The molecule has 0 unspecified atom stereocenters. The molecule has 112 valence electrons. The molecule has 1 aliphatic carbocycles. The number of carbonyl (C=O) groups excluding carboxylic acids is 1. The number of hydrogen-bond acceptors (Lipinski definition) is 4. The van der Waals surface area contributed by atoms with Gasteiger partial charge in [-0.25, -0.2) is 4.98 Å². The van der Waals surface area contributed by atoms with Crippen molar-refractivity contribution in [1.29, 1.82) is 0 Å². The van der Waals surface area contributed by atoms with Crippen LogP contribution in [-0.4, -0.2) is 30.2 Å². The van der Waals surface area contributed by atoms with Crippen molar-refractivity contribution >= 4 is 5.91 Å². The van der Waals surface area contributed by atoms with Crippen molar-refractivity contribution in [2.45, 2.75) is 31.7 Å². The van der Waals surface area contributed by atoms with Gasteiger partial charge in [0.05, 0.1) is 6.04 Å². The van der Waals surface area contributed by atoms with Crippen LogP contribution < -0.4 is 5.32 Å². The molecule has 2 aromatic rings. The molecule has 0 radical (unpaired) electrons. The molecule has 0 bridgehead atoms. The number of aromatic nitrogens is 5. The van der Waals surface area contributed by atoms with E-state index in [1.54, 1.807) is 12.5 Å². The van der Waals surface area contributed by atoms with Crippen molar-refractivity contribution in [1.82, 2.24) is 29.6 Å². The van der Waals surface area contributed by atoms with E-state index < -0.39 is 0 Å². The first-order chi connectivity index (χ1) is 10.1. The second kappa shape index (κ2) is 5.67. The summed E-state index contributed by atoms with van der Waals surface area (Å²) in [7, 11) is 3.84. The molecule has 1 fully saturated rings. The highest BCUT2D eigenvalue weighted by Gasteiger charge is 2.35. The van der Waals surface area contributed by atoms with Crippen LogP contribution >= 0.6 is 0 Å². The van der Waals surface area contributed by atoms with Gasteiger partial charge in [-0.3, -0.25) is 4.79 Å². The zero-order valence-electron chi connectivity index (χ0n) is 12.4. The zero-order chi connectivity index (χ0) is 14.8. The van der Waals surface area contributed by atoms with Crippen LogP contribution in [0.4, 0.5) is 0 Å². The van der Waals surface area contributed by atoms with Gasteiger partial charge in [0.1, 0.15) is 18.0 Å². The molecule has 2 aromatic heterocycles. The molecule has 0 aromatic carbocycles. The lowest BCUT2D eigenvalue weighted by Crippen LogP contribution is -2.31. The molecule has 1 N–H and O–H groups in total. The number of nitrogens with one attached hydrogen (secondary N) is 1. The Kier molecular flexibility index (Phi) is 3.72. The molecular weight excluding hydrogens is 268 g/mol. The van der Waals surface area contributed by atoms with Crippen LogP contribution in [0, 0.1) is 5.92 Å². The van der Waals surface area contributed by atoms with Crippen molar-refractivity contribution in [3.63, 3.8) is 0 Å². The van der Waals surface area contributed by atoms with E-state index in [1.807, 2.05) is 29.4 Å². The van der Waals surface area contributed by atoms with Gasteiger partial charge in [0.15, 0.2) is 0 Å². The Hall–Kier alpha value is -2.18. The summed E-state index contributed by atoms with van der Waals surface area (Å²) in [5, 5.41) is 10.9. The molecule has 0 spiro atoms. The number of aryl methyl sites for hydroxylation is 3. The van der Waals surface area contributed by atoms with Crippen molar-refractivity contribution in [3.05, 3.63) is 30.4 Å². The maximum Gasteiger partial charge on any atom is 0.221 e. The smallest absolute Gasteiger partial charge is 0.221 e. The summed E-state index contributed by atoms with van der Waals surface area (Å²) in [6, 6.07) is 0.0250. The molecule has 0 aliphatic heterocycles. The van der Waals surface area contributed by atoms with E-state index in [2.05, 4.69) is 20.5 Å². The number of hydrogen-bond donors (Lipinski definition) is 1. The second-order valence-electron chi connectivity index (χ2n) is 5.64. The SMILES string of the molecule is Cn1cnnc1CCC(=O)N[C@H](c1nccn1C)C1CC1. The van der Waals surface area contributed by atoms with E-state index in [9.17, 15) is 4.79 Å². The van der Waals surface area contributed by atoms with E-state index in [0.717, 1.165) is 24.5 Å². The third-order valence-corrected chi connectivity index (χ3v) is 3.93. The largest absolute Gasteiger partial charge is 0.346 e. The fraction of sp³-hybridized carbons (Fsp3) is 0.571. The van der Waals surface area contributed by atoms with Crippen LogP contribution in [0.3, 0.4) is 0 Å². The summed E-state index contributed by atoms with van der Waals surface area (Å²) in [5.74, 6) is 2.32. The van der Waals surface area contributed by atoms with Gasteiger partial charge in [-0.1, -0.05) is 0 Å². The summed E-state index contributed by atoms with van der Waals surface area (Å²) >= 11 is 0. The van der Waals surface area contributed by atoms with Crippen molar-refractivity contribution in [2.75, 3.05) is 0 Å². The van der Waals surface area contributed by atoms with E-state index in [0.29, 0.717) is 18.8 Å². The molecule has 2 heterocycles. The molecule has 1 aliphatic rings. The molecule has 7 nitrogen and oxygen atoms in total. The Labute approximate surface area is 123 Å². The average molecular weight is 288 g/mol. The first-order valence-corrected chi connectivity index (χ1v) is 7.24. The fourth-order valence-corrected chi connectivity index (χ4v) is 2.50. The molecule has 1 saturated carbocycles. The molecular formula is C14H20N6O. The highest BCUT2D eigenvalue weighted by atomic mass is 16.1. The van der Waals surface area contributed by atoms with E-state index >= 15 is 0 Å². The van der Waals surface area contributed by atoms with Crippen LogP contribution in [0.1, 0.15) is 37.0 Å². The minimum Gasteiger partial charge on any atom is -0.346 e. The lowest BCUT2D eigenvalue weighted by atomic mass is 10.1. The minimum absolute atomic E-state index is 0.0250. The Morgan fingerprint density at radius 3 is 2.81 bits per heavy atom. The lowest BCUT2D eigenvalue weighted by molar-refractivity contribution is -0.122. The summed E-state index contributed by atoms with van der Waals surface area (Å²) in [5.41, 5.74) is 0. The second-order valence-corrected chi connectivity index (χ2v) is 5.64. The third kappa shape index (κ3) is 3.12. The Morgan fingerprint density at radius 2 is 2.24 bits per heavy atom. The van der Waals surface area contributed by atoms with Crippen molar-refractivity contribution in [2.24, 2.45) is 20.0 Å². The van der Waals surface area contributed by atoms with Crippen molar-refractivity contribution < 1.29 is 4.79 Å². The normalized spacial score (nSPS) is 15.9. The number of imidazole rings is 1. The number of carbonyl (C=O) groups is 1. The first kappa shape index (κ1) is 13.8. The van der Waals surface area contributed by atoms with E-state index in [1.165, 1.54) is 0 Å². The van der Waals surface area contributed by atoms with Crippen LogP contribution in [0.15, 0.2) is 18.7 Å². The third-order valence-electron chi connectivity index (χ3n) is 3.93. The van der Waals surface area contributed by atoms with E-state index in [-0.39, 0.29) is 11.9 Å². The first-order valence-electron chi connectivity index (χ1n) is 7.24. The monoisotopic (exact) mass is 288 g/mol. The zero-order valence-corrected chi connectivity index (χ0v) is 12.4. The summed E-state index contributed by atoms with van der Waals surface area (Å²) < 4.78 is 3.82. The highest BCUT2D eigenvalue weighted by Crippen LogP contribution is 2.40. The maximum absolute atomic E-state index is 12.2. The molecule has 0 saturated heterocycles. The van der Waals surface area contributed by atoms with Crippen LogP contribution in [-0.2, 0) is 25.3 Å². The Bertz CT molecular complexity index is 627. The van der Waals surface area contributed by atoms with Crippen LogP contribution in [0.2, 0.25) is 0 Å². The van der Waals surface area contributed by atoms with Gasteiger partial charge in [0.25, 0.3) is 0 Å². The Morgan fingerprint density at radius 1 is 1.43 bits per heavy atom.